The van der Waals surface area contributed by atoms with E-state index in [0.29, 0.717) is 11.0 Å². The summed E-state index contributed by atoms with van der Waals surface area (Å²) in [4.78, 5) is -0.290. The van der Waals surface area contributed by atoms with Gasteiger partial charge >= 0.3 is 0 Å². The molecular weight excluding hydrogens is 381 g/mol. The predicted molar refractivity (Wildman–Crippen MR) is 85.5 cm³/mol. The predicted octanol–water partition coefficient (Wildman–Crippen LogP) is 4.28. The van der Waals surface area contributed by atoms with E-state index in [1.807, 2.05) is 0 Å². The molecule has 7 heteroatoms. The van der Waals surface area contributed by atoms with Crippen LogP contribution in [0.4, 0.5) is 4.39 Å². The number of benzene rings is 1. The zero-order valence-corrected chi connectivity index (χ0v) is 14.9. The fourth-order valence-corrected chi connectivity index (χ4v) is 5.53. The van der Waals surface area contributed by atoms with Gasteiger partial charge in [0.25, 0.3) is 0 Å². The van der Waals surface area contributed by atoms with Crippen LogP contribution in [0.2, 0.25) is 0 Å². The van der Waals surface area contributed by atoms with Crippen LogP contribution in [0.1, 0.15) is 38.2 Å². The Morgan fingerprint density at radius 1 is 1.38 bits per heavy atom. The van der Waals surface area contributed by atoms with Gasteiger partial charge in [0.05, 0.1) is 5.88 Å². The number of hydrogen-bond donors (Lipinski definition) is 0. The molecule has 21 heavy (non-hydrogen) atoms. The average Bonchev–Trinajstić information content (AvgIpc) is 2.95. The van der Waals surface area contributed by atoms with Crippen LogP contribution in [0, 0.1) is 5.82 Å². The van der Waals surface area contributed by atoms with Gasteiger partial charge < -0.3 is 0 Å². The van der Waals surface area contributed by atoms with Gasteiger partial charge in [0.2, 0.25) is 10.0 Å². The lowest BCUT2D eigenvalue weighted by Gasteiger charge is -2.27. The Labute approximate surface area is 138 Å². The van der Waals surface area contributed by atoms with Crippen molar-refractivity contribution in [2.75, 3.05) is 6.54 Å². The molecule has 0 bridgehead atoms. The van der Waals surface area contributed by atoms with E-state index < -0.39 is 15.8 Å². The number of hydrogen-bond acceptors (Lipinski definition) is 2. The lowest BCUT2D eigenvalue weighted by molar-refractivity contribution is 0.333. The Kier molecular flexibility index (Phi) is 5.68. The minimum Gasteiger partial charge on any atom is -0.207 e. The summed E-state index contributed by atoms with van der Waals surface area (Å²) >= 11 is 8.92. The molecule has 0 aliphatic heterocycles. The standard InChI is InChI=1S/C14H18BrClFNO2S/c1-2-18(12-5-3-4-6-12)21(19,20)13-8-11(15)7-10(9-16)14(13)17/h7-8,12H,2-6,9H2,1H3. The first kappa shape index (κ1) is 17.2. The molecule has 3 nitrogen and oxygen atoms in total. The highest BCUT2D eigenvalue weighted by Gasteiger charge is 2.34. The Bertz CT molecular complexity index is 618. The molecule has 1 aromatic carbocycles. The van der Waals surface area contributed by atoms with E-state index in [9.17, 15) is 12.8 Å². The van der Waals surface area contributed by atoms with E-state index >= 15 is 0 Å². The number of halogens is 3. The van der Waals surface area contributed by atoms with E-state index in [2.05, 4.69) is 15.9 Å². The summed E-state index contributed by atoms with van der Waals surface area (Å²) in [5.41, 5.74) is 0.187. The zero-order valence-electron chi connectivity index (χ0n) is 11.8. The summed E-state index contributed by atoms with van der Waals surface area (Å²) in [6.07, 6.45) is 3.71. The molecular formula is C14H18BrClFNO2S. The van der Waals surface area contributed by atoms with Crippen molar-refractivity contribution in [3.05, 3.63) is 28.0 Å². The first-order valence-corrected chi connectivity index (χ1v) is 9.74. The van der Waals surface area contributed by atoms with E-state index in [1.54, 1.807) is 6.92 Å². The third-order valence-electron chi connectivity index (χ3n) is 3.85. The summed E-state index contributed by atoms with van der Waals surface area (Å²) in [5.74, 6) is -0.812. The van der Waals surface area contributed by atoms with Gasteiger partial charge in [0.15, 0.2) is 0 Å². The van der Waals surface area contributed by atoms with Gasteiger partial charge in [-0.3, -0.25) is 0 Å². The van der Waals surface area contributed by atoms with Gasteiger partial charge in [-0.2, -0.15) is 4.31 Å². The lowest BCUT2D eigenvalue weighted by Crippen LogP contribution is -2.39. The number of alkyl halides is 1. The van der Waals surface area contributed by atoms with Crippen LogP contribution in [0.5, 0.6) is 0 Å². The van der Waals surface area contributed by atoms with Gasteiger partial charge in [-0.1, -0.05) is 35.7 Å². The van der Waals surface area contributed by atoms with Crippen molar-refractivity contribution in [2.45, 2.75) is 49.4 Å². The van der Waals surface area contributed by atoms with Crippen molar-refractivity contribution in [3.8, 4) is 0 Å². The molecule has 0 spiro atoms. The van der Waals surface area contributed by atoms with Crippen molar-refractivity contribution in [1.82, 2.24) is 4.31 Å². The average molecular weight is 399 g/mol. The highest BCUT2D eigenvalue weighted by atomic mass is 79.9. The second-order valence-electron chi connectivity index (χ2n) is 5.16. The maximum Gasteiger partial charge on any atom is 0.246 e. The van der Waals surface area contributed by atoms with Crippen LogP contribution >= 0.6 is 27.5 Å². The molecule has 0 N–H and O–H groups in total. The molecule has 1 aliphatic carbocycles. The molecule has 0 amide bonds. The Morgan fingerprint density at radius 3 is 2.52 bits per heavy atom. The maximum atomic E-state index is 14.4. The second-order valence-corrected chi connectivity index (χ2v) is 8.20. The van der Waals surface area contributed by atoms with E-state index in [0.717, 1.165) is 25.7 Å². The highest BCUT2D eigenvalue weighted by molar-refractivity contribution is 9.10. The van der Waals surface area contributed by atoms with Crippen molar-refractivity contribution in [3.63, 3.8) is 0 Å². The summed E-state index contributed by atoms with van der Waals surface area (Å²) in [5, 5.41) is 0. The van der Waals surface area contributed by atoms with Crippen LogP contribution in [0.25, 0.3) is 0 Å². The third-order valence-corrected chi connectivity index (χ3v) is 6.63. The van der Waals surface area contributed by atoms with Gasteiger partial charge in [0, 0.05) is 22.6 Å². The highest BCUT2D eigenvalue weighted by Crippen LogP contribution is 2.32. The quantitative estimate of drug-likeness (QED) is 0.694. The first-order valence-electron chi connectivity index (χ1n) is 6.97. The molecule has 1 aliphatic rings. The van der Waals surface area contributed by atoms with E-state index in [-0.39, 0.29) is 22.4 Å². The third kappa shape index (κ3) is 3.44. The van der Waals surface area contributed by atoms with E-state index in [1.165, 1.54) is 16.4 Å². The molecule has 1 aromatic rings. The van der Waals surface area contributed by atoms with Crippen molar-refractivity contribution in [2.24, 2.45) is 0 Å². The molecule has 0 heterocycles. The summed E-state index contributed by atoms with van der Waals surface area (Å²) < 4.78 is 42.0. The first-order chi connectivity index (χ1) is 9.91. The van der Waals surface area contributed by atoms with Crippen molar-refractivity contribution < 1.29 is 12.8 Å². The molecule has 1 fully saturated rings. The summed E-state index contributed by atoms with van der Waals surface area (Å²) in [6.45, 7) is 2.13. The Balaban J connectivity index is 2.49. The van der Waals surface area contributed by atoms with Crippen LogP contribution in [-0.2, 0) is 15.9 Å². The smallest absolute Gasteiger partial charge is 0.207 e. The van der Waals surface area contributed by atoms with Crippen LogP contribution < -0.4 is 0 Å². The summed E-state index contributed by atoms with van der Waals surface area (Å²) in [7, 11) is -3.85. The molecule has 0 unspecified atom stereocenters. The molecule has 118 valence electrons. The molecule has 0 radical (unpaired) electrons. The van der Waals surface area contributed by atoms with Crippen LogP contribution in [0.15, 0.2) is 21.5 Å². The Morgan fingerprint density at radius 2 is 2.00 bits per heavy atom. The molecule has 0 aromatic heterocycles. The number of sulfonamides is 1. The monoisotopic (exact) mass is 397 g/mol. The normalized spacial score (nSPS) is 16.8. The molecule has 1 saturated carbocycles. The number of nitrogens with zero attached hydrogens (tertiary/aromatic N) is 1. The second kappa shape index (κ2) is 6.94. The largest absolute Gasteiger partial charge is 0.246 e. The van der Waals surface area contributed by atoms with Gasteiger partial charge in [-0.15, -0.1) is 11.6 Å². The van der Waals surface area contributed by atoms with Crippen LogP contribution in [0.3, 0.4) is 0 Å². The topological polar surface area (TPSA) is 37.4 Å². The van der Waals surface area contributed by atoms with Crippen molar-refractivity contribution >= 4 is 37.6 Å². The van der Waals surface area contributed by atoms with Crippen LogP contribution in [-0.4, -0.2) is 25.3 Å². The van der Waals surface area contributed by atoms with Crippen molar-refractivity contribution in [1.29, 1.82) is 0 Å². The van der Waals surface area contributed by atoms with Gasteiger partial charge in [-0.05, 0) is 25.0 Å². The molecule has 2 rings (SSSR count). The fourth-order valence-electron chi connectivity index (χ4n) is 2.85. The fraction of sp³-hybridized carbons (Fsp3) is 0.571. The SMILES string of the molecule is CCN(C1CCCC1)S(=O)(=O)c1cc(Br)cc(CCl)c1F. The lowest BCUT2D eigenvalue weighted by atomic mass is 10.2. The minimum atomic E-state index is -3.85. The zero-order chi connectivity index (χ0) is 15.6. The Hall–Kier alpha value is -0.170. The maximum absolute atomic E-state index is 14.4. The van der Waals surface area contributed by atoms with Gasteiger partial charge in [0.1, 0.15) is 10.7 Å². The summed E-state index contributed by atoms with van der Waals surface area (Å²) in [6, 6.07) is 2.80. The van der Waals surface area contributed by atoms with Gasteiger partial charge in [-0.25, -0.2) is 12.8 Å². The molecule has 0 saturated heterocycles. The van der Waals surface area contributed by atoms with E-state index in [4.69, 9.17) is 11.6 Å². The molecule has 0 atom stereocenters. The minimum absolute atomic E-state index is 0.0298. The number of rotatable bonds is 5.